The van der Waals surface area contributed by atoms with E-state index in [1.807, 2.05) is 6.07 Å². The fourth-order valence-electron chi connectivity index (χ4n) is 2.78. The van der Waals surface area contributed by atoms with Crippen LogP contribution in [0.5, 0.6) is 11.5 Å². The van der Waals surface area contributed by atoms with E-state index >= 15 is 0 Å². The molecular weight excluding hydrogens is 274 g/mol. The summed E-state index contributed by atoms with van der Waals surface area (Å²) in [6.07, 6.45) is 1.13. The van der Waals surface area contributed by atoms with E-state index in [1.54, 1.807) is 0 Å². The van der Waals surface area contributed by atoms with Crippen LogP contribution in [0.4, 0.5) is 0 Å². The van der Waals surface area contributed by atoms with E-state index in [1.165, 1.54) is 5.56 Å². The Labute approximate surface area is 128 Å². The normalized spacial score (nSPS) is 14.1. The minimum absolute atomic E-state index is 0. The number of nitrogens with one attached hydrogen (secondary N) is 1. The second-order valence-electron chi connectivity index (χ2n) is 7.16. The summed E-state index contributed by atoms with van der Waals surface area (Å²) in [5.41, 5.74) is 1.67. The second-order valence-corrected chi connectivity index (χ2v) is 7.16. The first-order valence-corrected chi connectivity index (χ1v) is 6.89. The molecule has 114 valence electrons. The first-order valence-electron chi connectivity index (χ1n) is 6.89. The van der Waals surface area contributed by atoms with Crippen LogP contribution in [-0.2, 0) is 6.54 Å². The maximum Gasteiger partial charge on any atom is 0.231 e. The van der Waals surface area contributed by atoms with Gasteiger partial charge in [-0.25, -0.2) is 0 Å². The standard InChI is InChI=1S/C16H25NO2.ClH/c1-15(2,3)10-16(4,5)17-9-12-6-7-13-14(8-12)19-11-18-13;/h6-8,17H,9-11H2,1-5H3;1H. The third-order valence-electron chi connectivity index (χ3n) is 3.18. The average molecular weight is 300 g/mol. The predicted octanol–water partition coefficient (Wildman–Crippen LogP) is 4.14. The molecule has 3 nitrogen and oxygen atoms in total. The van der Waals surface area contributed by atoms with Gasteiger partial charge in [-0.15, -0.1) is 12.4 Å². The number of hydrogen-bond acceptors (Lipinski definition) is 3. The van der Waals surface area contributed by atoms with Crippen molar-refractivity contribution in [3.05, 3.63) is 23.8 Å². The quantitative estimate of drug-likeness (QED) is 0.906. The van der Waals surface area contributed by atoms with Gasteiger partial charge in [0.15, 0.2) is 11.5 Å². The molecular formula is C16H26ClNO2. The summed E-state index contributed by atoms with van der Waals surface area (Å²) >= 11 is 0. The molecule has 0 saturated heterocycles. The summed E-state index contributed by atoms with van der Waals surface area (Å²) < 4.78 is 10.7. The van der Waals surface area contributed by atoms with Gasteiger partial charge < -0.3 is 14.8 Å². The van der Waals surface area contributed by atoms with Gasteiger partial charge in [0.25, 0.3) is 0 Å². The molecule has 0 aromatic heterocycles. The summed E-state index contributed by atoms with van der Waals surface area (Å²) in [5, 5.41) is 3.63. The lowest BCUT2D eigenvalue weighted by Gasteiger charge is -2.33. The van der Waals surface area contributed by atoms with Crippen molar-refractivity contribution in [2.24, 2.45) is 5.41 Å². The largest absolute Gasteiger partial charge is 0.454 e. The molecule has 0 amide bonds. The Hall–Kier alpha value is -0.930. The zero-order chi connectivity index (χ0) is 14.1. The van der Waals surface area contributed by atoms with Gasteiger partial charge in [-0.2, -0.15) is 0 Å². The van der Waals surface area contributed by atoms with E-state index < -0.39 is 0 Å². The van der Waals surface area contributed by atoms with E-state index in [2.05, 4.69) is 52.1 Å². The number of ether oxygens (including phenoxy) is 2. The highest BCUT2D eigenvalue weighted by Gasteiger charge is 2.25. The van der Waals surface area contributed by atoms with Gasteiger partial charge in [-0.3, -0.25) is 0 Å². The number of hydrogen-bond donors (Lipinski definition) is 1. The first-order chi connectivity index (χ1) is 8.75. The van der Waals surface area contributed by atoms with Gasteiger partial charge >= 0.3 is 0 Å². The molecule has 0 atom stereocenters. The molecule has 0 fully saturated rings. The fraction of sp³-hybridized carbons (Fsp3) is 0.625. The number of halogens is 1. The van der Waals surface area contributed by atoms with E-state index in [0.29, 0.717) is 12.2 Å². The summed E-state index contributed by atoms with van der Waals surface area (Å²) in [4.78, 5) is 0. The zero-order valence-corrected chi connectivity index (χ0v) is 13.9. The van der Waals surface area contributed by atoms with Crippen LogP contribution < -0.4 is 14.8 Å². The number of rotatable bonds is 4. The Bertz CT molecular complexity index is 452. The van der Waals surface area contributed by atoms with Gasteiger partial charge in [0, 0.05) is 12.1 Å². The van der Waals surface area contributed by atoms with Gasteiger partial charge in [-0.1, -0.05) is 26.8 Å². The highest BCUT2D eigenvalue weighted by atomic mass is 35.5. The molecule has 1 aliphatic heterocycles. The van der Waals surface area contributed by atoms with Crippen LogP contribution in [0.25, 0.3) is 0 Å². The van der Waals surface area contributed by atoms with E-state index in [9.17, 15) is 0 Å². The third-order valence-corrected chi connectivity index (χ3v) is 3.18. The van der Waals surface area contributed by atoms with Crippen LogP contribution in [0.3, 0.4) is 0 Å². The van der Waals surface area contributed by atoms with Gasteiger partial charge in [0.05, 0.1) is 0 Å². The number of benzene rings is 1. The number of fused-ring (bicyclic) bond motifs is 1. The Morgan fingerprint density at radius 2 is 1.70 bits per heavy atom. The Morgan fingerprint density at radius 3 is 2.35 bits per heavy atom. The molecule has 2 rings (SSSR count). The molecule has 1 aromatic carbocycles. The molecule has 0 bridgehead atoms. The van der Waals surface area contributed by atoms with Gasteiger partial charge in [-0.05, 0) is 43.4 Å². The lowest BCUT2D eigenvalue weighted by atomic mass is 9.82. The molecule has 1 heterocycles. The third kappa shape index (κ3) is 4.88. The monoisotopic (exact) mass is 299 g/mol. The highest BCUT2D eigenvalue weighted by molar-refractivity contribution is 5.85. The van der Waals surface area contributed by atoms with Crippen LogP contribution in [0.1, 0.15) is 46.6 Å². The fourth-order valence-corrected chi connectivity index (χ4v) is 2.78. The van der Waals surface area contributed by atoms with Crippen molar-refractivity contribution in [3.8, 4) is 11.5 Å². The molecule has 1 aliphatic rings. The minimum atomic E-state index is 0. The van der Waals surface area contributed by atoms with E-state index in [4.69, 9.17) is 9.47 Å². The molecule has 4 heteroatoms. The molecule has 0 aliphatic carbocycles. The Morgan fingerprint density at radius 1 is 1.05 bits per heavy atom. The van der Waals surface area contributed by atoms with Crippen molar-refractivity contribution >= 4 is 12.4 Å². The van der Waals surface area contributed by atoms with Gasteiger partial charge in [0.1, 0.15) is 0 Å². The highest BCUT2D eigenvalue weighted by Crippen LogP contribution is 2.33. The smallest absolute Gasteiger partial charge is 0.231 e. The van der Waals surface area contributed by atoms with Crippen LogP contribution in [0.15, 0.2) is 18.2 Å². The van der Waals surface area contributed by atoms with Crippen molar-refractivity contribution in [2.45, 2.75) is 53.1 Å². The molecule has 20 heavy (non-hydrogen) atoms. The Balaban J connectivity index is 0.00000200. The van der Waals surface area contributed by atoms with Gasteiger partial charge in [0.2, 0.25) is 6.79 Å². The van der Waals surface area contributed by atoms with Crippen LogP contribution in [-0.4, -0.2) is 12.3 Å². The van der Waals surface area contributed by atoms with Crippen molar-refractivity contribution in [3.63, 3.8) is 0 Å². The summed E-state index contributed by atoms with van der Waals surface area (Å²) in [5.74, 6) is 1.70. The lowest BCUT2D eigenvalue weighted by Crippen LogP contribution is -2.41. The SMILES string of the molecule is CC(C)(C)CC(C)(C)NCc1ccc2c(c1)OCO2.Cl. The molecule has 0 saturated carbocycles. The predicted molar refractivity (Wildman–Crippen MR) is 84.8 cm³/mol. The minimum Gasteiger partial charge on any atom is -0.454 e. The van der Waals surface area contributed by atoms with Crippen molar-refractivity contribution in [2.75, 3.05) is 6.79 Å². The van der Waals surface area contributed by atoms with Crippen molar-refractivity contribution in [1.82, 2.24) is 5.32 Å². The molecule has 0 unspecified atom stereocenters. The summed E-state index contributed by atoms with van der Waals surface area (Å²) in [7, 11) is 0. The average Bonchev–Trinajstić information content (AvgIpc) is 2.70. The molecule has 0 spiro atoms. The summed E-state index contributed by atoms with van der Waals surface area (Å²) in [6, 6.07) is 6.13. The van der Waals surface area contributed by atoms with Crippen molar-refractivity contribution in [1.29, 1.82) is 0 Å². The lowest BCUT2D eigenvalue weighted by molar-refractivity contribution is 0.174. The zero-order valence-electron chi connectivity index (χ0n) is 13.1. The van der Waals surface area contributed by atoms with Crippen LogP contribution in [0, 0.1) is 5.41 Å². The maximum absolute atomic E-state index is 5.40. The maximum atomic E-state index is 5.40. The topological polar surface area (TPSA) is 30.5 Å². The molecule has 1 aromatic rings. The second kappa shape index (κ2) is 6.23. The summed E-state index contributed by atoms with van der Waals surface area (Å²) in [6.45, 7) is 12.5. The van der Waals surface area contributed by atoms with E-state index in [-0.39, 0.29) is 17.9 Å². The first kappa shape index (κ1) is 17.1. The van der Waals surface area contributed by atoms with Crippen LogP contribution in [0.2, 0.25) is 0 Å². The Kier molecular flexibility index (Phi) is 5.33. The van der Waals surface area contributed by atoms with E-state index in [0.717, 1.165) is 24.5 Å². The molecule has 1 N–H and O–H groups in total. The molecule has 0 radical (unpaired) electrons. The van der Waals surface area contributed by atoms with Crippen LogP contribution >= 0.6 is 12.4 Å². The van der Waals surface area contributed by atoms with Crippen molar-refractivity contribution < 1.29 is 9.47 Å².